The number of anilines is 4. The minimum absolute atomic E-state index is 1.01. The van der Waals surface area contributed by atoms with Gasteiger partial charge in [0.1, 0.15) is 0 Å². The van der Waals surface area contributed by atoms with Crippen molar-refractivity contribution >= 4 is 22.7 Å². The van der Waals surface area contributed by atoms with Crippen LogP contribution in [-0.4, -0.2) is 0 Å². The minimum Gasteiger partial charge on any atom is -0.306 e. The molecule has 0 saturated carbocycles. The Morgan fingerprint density at radius 2 is 1.04 bits per heavy atom. The van der Waals surface area contributed by atoms with Crippen molar-refractivity contribution in [3.05, 3.63) is 121 Å². The summed E-state index contributed by atoms with van der Waals surface area (Å²) in [6, 6.07) is 27.4. The van der Waals surface area contributed by atoms with E-state index in [4.69, 9.17) is 0 Å². The van der Waals surface area contributed by atoms with Gasteiger partial charge in [-0.15, -0.1) is 0 Å². The maximum absolute atomic E-state index is 4.10. The molecule has 0 saturated heterocycles. The van der Waals surface area contributed by atoms with Crippen LogP contribution >= 0.6 is 0 Å². The highest BCUT2D eigenvalue weighted by Gasteiger charge is 2.29. The van der Waals surface area contributed by atoms with E-state index in [1.807, 2.05) is 18.2 Å². The lowest BCUT2D eigenvalue weighted by atomic mass is 10.0. The maximum Gasteiger partial charge on any atom is 0.0703 e. The lowest BCUT2D eigenvalue weighted by molar-refractivity contribution is 1.06. The van der Waals surface area contributed by atoms with Gasteiger partial charge in [-0.1, -0.05) is 61.2 Å². The van der Waals surface area contributed by atoms with Crippen LogP contribution in [0, 0.1) is 6.92 Å². The van der Waals surface area contributed by atoms with Crippen LogP contribution in [0.2, 0.25) is 0 Å². The molecule has 2 nitrogen and oxygen atoms in total. The van der Waals surface area contributed by atoms with Gasteiger partial charge in [0.2, 0.25) is 0 Å². The second kappa shape index (κ2) is 7.00. The number of hydrogen-bond donors (Lipinski definition) is 0. The molecule has 1 aliphatic rings. The second-order valence-electron chi connectivity index (χ2n) is 6.51. The number of aryl methyl sites for hydroxylation is 1. The topological polar surface area (TPSA) is 6.48 Å². The van der Waals surface area contributed by atoms with Gasteiger partial charge in [-0.25, -0.2) is 0 Å². The standard InChI is InChI=1S/C25H22N2/c1-4-22-23(5-2)27(21-17-15-19(3)16-18-21)25-14-10-9-13-24(25)26(22)20-11-7-6-8-12-20/h4-18H,1-2H2,3H3. The maximum atomic E-state index is 4.10. The summed E-state index contributed by atoms with van der Waals surface area (Å²) in [5.41, 5.74) is 7.70. The highest BCUT2D eigenvalue weighted by molar-refractivity contribution is 5.90. The van der Waals surface area contributed by atoms with Gasteiger partial charge in [0.05, 0.1) is 22.8 Å². The third-order valence-corrected chi connectivity index (χ3v) is 4.80. The zero-order chi connectivity index (χ0) is 18.8. The molecule has 0 N–H and O–H groups in total. The van der Waals surface area contributed by atoms with Gasteiger partial charge in [-0.05, 0) is 55.5 Å². The molecule has 0 radical (unpaired) electrons. The molecule has 2 heteroatoms. The summed E-state index contributed by atoms with van der Waals surface area (Å²) in [4.78, 5) is 4.49. The van der Waals surface area contributed by atoms with Crippen LogP contribution in [0.3, 0.4) is 0 Å². The van der Waals surface area contributed by atoms with Crippen LogP contribution < -0.4 is 9.80 Å². The summed E-state index contributed by atoms with van der Waals surface area (Å²) in [6.07, 6.45) is 3.81. The average molecular weight is 350 g/mol. The van der Waals surface area contributed by atoms with Crippen molar-refractivity contribution in [3.8, 4) is 0 Å². The molecule has 0 aliphatic carbocycles. The molecular formula is C25H22N2. The van der Waals surface area contributed by atoms with Gasteiger partial charge in [-0.3, -0.25) is 0 Å². The van der Waals surface area contributed by atoms with E-state index in [1.54, 1.807) is 0 Å². The van der Waals surface area contributed by atoms with Crippen molar-refractivity contribution in [1.29, 1.82) is 0 Å². The van der Waals surface area contributed by atoms with E-state index >= 15 is 0 Å². The Morgan fingerprint density at radius 1 is 0.593 bits per heavy atom. The summed E-state index contributed by atoms with van der Waals surface area (Å²) in [5.74, 6) is 0. The third-order valence-electron chi connectivity index (χ3n) is 4.80. The molecule has 0 fully saturated rings. The number of benzene rings is 3. The molecule has 132 valence electrons. The van der Waals surface area contributed by atoms with Crippen LogP contribution in [0.4, 0.5) is 22.7 Å². The largest absolute Gasteiger partial charge is 0.306 e. The fourth-order valence-corrected chi connectivity index (χ4v) is 3.55. The second-order valence-corrected chi connectivity index (χ2v) is 6.51. The molecule has 1 heterocycles. The monoisotopic (exact) mass is 350 g/mol. The van der Waals surface area contributed by atoms with E-state index in [0.29, 0.717) is 0 Å². The number of allylic oxidation sites excluding steroid dienone is 2. The van der Waals surface area contributed by atoms with Crippen molar-refractivity contribution in [2.45, 2.75) is 6.92 Å². The summed E-state index contributed by atoms with van der Waals surface area (Å²) >= 11 is 0. The van der Waals surface area contributed by atoms with Gasteiger partial charge in [0.15, 0.2) is 0 Å². The Morgan fingerprint density at radius 3 is 1.52 bits per heavy atom. The Kier molecular flexibility index (Phi) is 4.39. The molecule has 0 bridgehead atoms. The lowest BCUT2D eigenvalue weighted by Gasteiger charge is -2.40. The normalized spacial score (nSPS) is 13.4. The molecule has 0 aromatic heterocycles. The highest BCUT2D eigenvalue weighted by Crippen LogP contribution is 2.47. The number of hydrogen-bond acceptors (Lipinski definition) is 2. The Bertz CT molecular complexity index is 1010. The van der Waals surface area contributed by atoms with E-state index in [-0.39, 0.29) is 0 Å². The first-order valence-electron chi connectivity index (χ1n) is 9.04. The number of rotatable bonds is 4. The van der Waals surface area contributed by atoms with Gasteiger partial charge in [0, 0.05) is 11.4 Å². The van der Waals surface area contributed by atoms with Crippen molar-refractivity contribution in [2.24, 2.45) is 0 Å². The van der Waals surface area contributed by atoms with Crippen LogP contribution in [0.25, 0.3) is 0 Å². The fourth-order valence-electron chi connectivity index (χ4n) is 3.55. The SMILES string of the molecule is C=CC1=C(C=C)N(c2ccc(C)cc2)c2ccccc2N1c1ccccc1. The molecule has 0 amide bonds. The lowest BCUT2D eigenvalue weighted by Crippen LogP contribution is -2.30. The minimum atomic E-state index is 1.01. The summed E-state index contributed by atoms with van der Waals surface area (Å²) in [6.45, 7) is 10.3. The average Bonchev–Trinajstić information content (AvgIpc) is 2.73. The summed E-state index contributed by atoms with van der Waals surface area (Å²) < 4.78 is 0. The van der Waals surface area contributed by atoms with E-state index in [0.717, 1.165) is 34.1 Å². The van der Waals surface area contributed by atoms with Gasteiger partial charge >= 0.3 is 0 Å². The molecule has 4 rings (SSSR count). The van der Waals surface area contributed by atoms with E-state index in [2.05, 4.69) is 103 Å². The van der Waals surface area contributed by atoms with E-state index in [9.17, 15) is 0 Å². The van der Waals surface area contributed by atoms with Gasteiger partial charge in [-0.2, -0.15) is 0 Å². The van der Waals surface area contributed by atoms with E-state index in [1.165, 1.54) is 5.56 Å². The first kappa shape index (κ1) is 16.9. The Balaban J connectivity index is 2.00. The van der Waals surface area contributed by atoms with Crippen LogP contribution in [0.15, 0.2) is 116 Å². The first-order chi connectivity index (χ1) is 13.2. The molecular weight excluding hydrogens is 328 g/mol. The van der Waals surface area contributed by atoms with E-state index < -0.39 is 0 Å². The molecule has 1 aliphatic heterocycles. The zero-order valence-corrected chi connectivity index (χ0v) is 15.5. The van der Waals surface area contributed by atoms with Crippen LogP contribution in [0.5, 0.6) is 0 Å². The van der Waals surface area contributed by atoms with Gasteiger partial charge in [0.25, 0.3) is 0 Å². The molecule has 3 aromatic rings. The molecule has 0 spiro atoms. The van der Waals surface area contributed by atoms with Gasteiger partial charge < -0.3 is 9.80 Å². The Hall–Kier alpha value is -3.52. The molecule has 3 aromatic carbocycles. The van der Waals surface area contributed by atoms with Crippen LogP contribution in [0.1, 0.15) is 5.56 Å². The van der Waals surface area contributed by atoms with Crippen molar-refractivity contribution in [3.63, 3.8) is 0 Å². The molecule has 0 unspecified atom stereocenters. The molecule has 0 atom stereocenters. The summed E-state index contributed by atoms with van der Waals surface area (Å²) in [7, 11) is 0. The number of para-hydroxylation sites is 3. The predicted octanol–water partition coefficient (Wildman–Crippen LogP) is 6.87. The fraction of sp³-hybridized carbons (Fsp3) is 0.0400. The Labute approximate surface area is 161 Å². The smallest absolute Gasteiger partial charge is 0.0703 e. The number of nitrogens with zero attached hydrogens (tertiary/aromatic N) is 2. The first-order valence-corrected chi connectivity index (χ1v) is 9.04. The zero-order valence-electron chi connectivity index (χ0n) is 15.5. The van der Waals surface area contributed by atoms with Crippen LogP contribution in [-0.2, 0) is 0 Å². The quantitative estimate of drug-likeness (QED) is 0.506. The highest BCUT2D eigenvalue weighted by atomic mass is 15.3. The van der Waals surface area contributed by atoms with Crippen molar-refractivity contribution < 1.29 is 0 Å². The number of fused-ring (bicyclic) bond motifs is 1. The predicted molar refractivity (Wildman–Crippen MR) is 116 cm³/mol. The summed E-state index contributed by atoms with van der Waals surface area (Å²) in [5, 5.41) is 0. The van der Waals surface area contributed by atoms with Crippen molar-refractivity contribution in [1.82, 2.24) is 0 Å². The van der Waals surface area contributed by atoms with Crippen molar-refractivity contribution in [2.75, 3.05) is 9.80 Å². The molecule has 27 heavy (non-hydrogen) atoms. The third kappa shape index (κ3) is 2.85.